The van der Waals surface area contributed by atoms with Crippen LogP contribution in [0, 0.1) is 0 Å². The number of hydrogen-bond acceptors (Lipinski definition) is 5. The molecule has 0 radical (unpaired) electrons. The lowest BCUT2D eigenvalue weighted by Crippen LogP contribution is -2.45. The third-order valence-electron chi connectivity index (χ3n) is 9.47. The summed E-state index contributed by atoms with van der Waals surface area (Å²) < 4.78 is 5.40. The summed E-state index contributed by atoms with van der Waals surface area (Å²) in [5.74, 6) is -0.146. The number of amides is 1. The van der Waals surface area contributed by atoms with Crippen LogP contribution in [-0.2, 0) is 14.3 Å². The van der Waals surface area contributed by atoms with Crippen LogP contribution in [0.3, 0.4) is 0 Å². The van der Waals surface area contributed by atoms with Crippen molar-refractivity contribution in [2.24, 2.45) is 0 Å². The van der Waals surface area contributed by atoms with E-state index in [-0.39, 0.29) is 18.5 Å². The van der Waals surface area contributed by atoms with E-state index in [2.05, 4.69) is 43.5 Å². The highest BCUT2D eigenvalue weighted by Crippen LogP contribution is 2.14. The molecule has 2 atom stereocenters. The fourth-order valence-electron chi connectivity index (χ4n) is 6.15. The van der Waals surface area contributed by atoms with Crippen molar-refractivity contribution in [2.45, 2.75) is 225 Å². The average Bonchev–Trinajstić information content (AvgIpc) is 3.10. The van der Waals surface area contributed by atoms with E-state index >= 15 is 0 Å². The number of aliphatic hydroxyl groups is 2. The third kappa shape index (κ3) is 36.0. The number of nitrogens with one attached hydrogen (secondary N) is 1. The largest absolute Gasteiger partial charge is 0.466 e. The monoisotopic (exact) mass is 692 g/mol. The molecule has 0 aromatic heterocycles. The minimum Gasteiger partial charge on any atom is -0.466 e. The number of carbonyl (C=O) groups is 2. The van der Waals surface area contributed by atoms with Gasteiger partial charge in [0.15, 0.2) is 0 Å². The third-order valence-corrected chi connectivity index (χ3v) is 9.47. The molecule has 0 spiro atoms. The Kier molecular flexibility index (Phi) is 37.8. The van der Waals surface area contributed by atoms with Gasteiger partial charge in [-0.3, -0.25) is 9.59 Å². The highest BCUT2D eigenvalue weighted by Gasteiger charge is 2.19. The van der Waals surface area contributed by atoms with Crippen molar-refractivity contribution < 1.29 is 24.5 Å². The van der Waals surface area contributed by atoms with Gasteiger partial charge in [0.05, 0.1) is 25.4 Å². The molecule has 0 rings (SSSR count). The molecule has 0 aliphatic rings. The van der Waals surface area contributed by atoms with E-state index in [1.54, 1.807) is 0 Å². The molecule has 0 aliphatic heterocycles. The quantitative estimate of drug-likeness (QED) is 0.0340. The van der Waals surface area contributed by atoms with Crippen molar-refractivity contribution in [2.75, 3.05) is 13.2 Å². The zero-order valence-electron chi connectivity index (χ0n) is 32.4. The van der Waals surface area contributed by atoms with E-state index in [0.717, 1.165) is 70.6 Å². The molecule has 0 aliphatic carbocycles. The van der Waals surface area contributed by atoms with Crippen molar-refractivity contribution in [1.82, 2.24) is 5.32 Å². The molecular weight excluding hydrogens is 610 g/mol. The Morgan fingerprint density at radius 1 is 0.551 bits per heavy atom. The molecule has 6 nitrogen and oxygen atoms in total. The van der Waals surface area contributed by atoms with Gasteiger partial charge in [0.25, 0.3) is 0 Å². The van der Waals surface area contributed by atoms with Crippen LogP contribution in [-0.4, -0.2) is 47.4 Å². The maximum Gasteiger partial charge on any atom is 0.305 e. The van der Waals surface area contributed by atoms with Crippen LogP contribution in [0.25, 0.3) is 0 Å². The van der Waals surface area contributed by atoms with Crippen molar-refractivity contribution in [3.8, 4) is 0 Å². The first kappa shape index (κ1) is 47.3. The zero-order valence-corrected chi connectivity index (χ0v) is 32.4. The smallest absolute Gasteiger partial charge is 0.305 e. The van der Waals surface area contributed by atoms with E-state index in [4.69, 9.17) is 4.74 Å². The van der Waals surface area contributed by atoms with E-state index in [1.165, 1.54) is 109 Å². The van der Waals surface area contributed by atoms with Crippen molar-refractivity contribution in [3.05, 3.63) is 24.3 Å². The van der Waals surface area contributed by atoms with Gasteiger partial charge in [-0.25, -0.2) is 0 Å². The molecule has 0 saturated carbocycles. The van der Waals surface area contributed by atoms with Crippen molar-refractivity contribution >= 4 is 11.9 Å². The number of allylic oxidation sites excluding steroid dienone is 4. The summed E-state index contributed by atoms with van der Waals surface area (Å²) in [4.78, 5) is 24.3. The van der Waals surface area contributed by atoms with Crippen LogP contribution in [0.5, 0.6) is 0 Å². The Balaban J connectivity index is 3.59. The SMILES string of the molecule is CCCC/C=C\CCCCCCCC(=O)OCCCCCC/C=C\CCCC(=O)NC(CO)C(O)CCCCCCCCCCCCCC. The summed E-state index contributed by atoms with van der Waals surface area (Å²) in [5.41, 5.74) is 0. The second kappa shape index (κ2) is 39.1. The Bertz CT molecular complexity index is 767. The maximum absolute atomic E-state index is 12.3. The Hall–Kier alpha value is -1.66. The zero-order chi connectivity index (χ0) is 35.9. The van der Waals surface area contributed by atoms with Crippen LogP contribution >= 0.6 is 0 Å². The van der Waals surface area contributed by atoms with Gasteiger partial charge < -0.3 is 20.3 Å². The van der Waals surface area contributed by atoms with Crippen LogP contribution < -0.4 is 5.32 Å². The predicted molar refractivity (Wildman–Crippen MR) is 209 cm³/mol. The molecule has 2 unspecified atom stereocenters. The van der Waals surface area contributed by atoms with Gasteiger partial charge in [-0.1, -0.05) is 160 Å². The lowest BCUT2D eigenvalue weighted by molar-refractivity contribution is -0.143. The Morgan fingerprint density at radius 2 is 1.00 bits per heavy atom. The molecule has 0 aromatic rings. The predicted octanol–water partition coefficient (Wildman–Crippen LogP) is 11.6. The second-order valence-corrected chi connectivity index (χ2v) is 14.3. The molecule has 0 saturated heterocycles. The second-order valence-electron chi connectivity index (χ2n) is 14.3. The number of unbranched alkanes of at least 4 members (excludes halogenated alkanes) is 23. The van der Waals surface area contributed by atoms with E-state index in [1.807, 2.05) is 0 Å². The van der Waals surface area contributed by atoms with Gasteiger partial charge in [-0.05, 0) is 64.2 Å². The summed E-state index contributed by atoms with van der Waals surface area (Å²) in [5, 5.41) is 23.0. The van der Waals surface area contributed by atoms with Gasteiger partial charge in [0, 0.05) is 12.8 Å². The van der Waals surface area contributed by atoms with Gasteiger partial charge in [-0.15, -0.1) is 0 Å². The topological polar surface area (TPSA) is 95.9 Å². The summed E-state index contributed by atoms with van der Waals surface area (Å²) in [6.07, 6.45) is 42.7. The van der Waals surface area contributed by atoms with E-state index in [9.17, 15) is 19.8 Å². The highest BCUT2D eigenvalue weighted by molar-refractivity contribution is 5.76. The van der Waals surface area contributed by atoms with Crippen molar-refractivity contribution in [1.29, 1.82) is 0 Å². The molecule has 0 bridgehead atoms. The number of carbonyl (C=O) groups excluding carboxylic acids is 2. The molecule has 0 aromatic carbocycles. The summed E-state index contributed by atoms with van der Waals surface area (Å²) in [6.45, 7) is 4.79. The number of hydrogen-bond donors (Lipinski definition) is 3. The van der Waals surface area contributed by atoms with Gasteiger partial charge >= 0.3 is 5.97 Å². The first-order valence-electron chi connectivity index (χ1n) is 21.1. The molecule has 6 heteroatoms. The van der Waals surface area contributed by atoms with Crippen LogP contribution in [0.2, 0.25) is 0 Å². The summed E-state index contributed by atoms with van der Waals surface area (Å²) in [6, 6.07) is -0.577. The first-order valence-corrected chi connectivity index (χ1v) is 21.1. The maximum atomic E-state index is 12.3. The Labute approximate surface area is 303 Å². The number of rotatable bonds is 38. The average molecular weight is 692 g/mol. The Morgan fingerprint density at radius 3 is 1.55 bits per heavy atom. The lowest BCUT2D eigenvalue weighted by Gasteiger charge is -2.22. The molecule has 3 N–H and O–H groups in total. The fraction of sp³-hybridized carbons (Fsp3) is 0.860. The normalized spacial score (nSPS) is 13.0. The number of ether oxygens (including phenoxy) is 1. The van der Waals surface area contributed by atoms with Gasteiger partial charge in [-0.2, -0.15) is 0 Å². The van der Waals surface area contributed by atoms with Crippen LogP contribution in [0.4, 0.5) is 0 Å². The molecule has 0 fully saturated rings. The first-order chi connectivity index (χ1) is 24.0. The molecule has 49 heavy (non-hydrogen) atoms. The van der Waals surface area contributed by atoms with Crippen LogP contribution in [0.15, 0.2) is 24.3 Å². The number of esters is 1. The number of aliphatic hydroxyl groups excluding tert-OH is 2. The van der Waals surface area contributed by atoms with Crippen LogP contribution in [0.1, 0.15) is 213 Å². The fourth-order valence-corrected chi connectivity index (χ4v) is 6.15. The molecule has 288 valence electrons. The molecular formula is C43H81NO5. The standard InChI is InChI=1S/C43H81NO5/c1-3-5-7-9-11-13-15-17-19-23-27-31-35-41(46)40(39-45)44-42(47)36-32-28-24-20-18-22-26-30-34-38-49-43(48)37-33-29-25-21-16-14-12-10-8-6-4-2/h10,12,20,24,40-41,45-46H,3-9,11,13-19,21-23,25-39H2,1-2H3,(H,44,47)/b12-10-,24-20-. The highest BCUT2D eigenvalue weighted by atomic mass is 16.5. The summed E-state index contributed by atoms with van der Waals surface area (Å²) >= 11 is 0. The summed E-state index contributed by atoms with van der Waals surface area (Å²) in [7, 11) is 0. The van der Waals surface area contributed by atoms with E-state index < -0.39 is 12.1 Å². The molecule has 0 heterocycles. The lowest BCUT2D eigenvalue weighted by atomic mass is 10.0. The minimum absolute atomic E-state index is 0.0478. The minimum atomic E-state index is -0.693. The van der Waals surface area contributed by atoms with Crippen molar-refractivity contribution in [3.63, 3.8) is 0 Å². The van der Waals surface area contributed by atoms with Gasteiger partial charge in [0.2, 0.25) is 5.91 Å². The van der Waals surface area contributed by atoms with Gasteiger partial charge in [0.1, 0.15) is 0 Å². The molecule has 1 amide bonds. The van der Waals surface area contributed by atoms with E-state index in [0.29, 0.717) is 25.9 Å².